The Labute approximate surface area is 231 Å². The fourth-order valence-electron chi connectivity index (χ4n) is 5.20. The number of hydrogen-bond donors (Lipinski definition) is 1. The molecule has 2 amide bonds. The molecule has 2 aliphatic heterocycles. The number of likely N-dealkylation sites (N-methyl/N-ethyl adjacent to an activating group) is 2. The molecule has 3 atom stereocenters. The number of hydrogen-bond acceptors (Lipinski definition) is 8. The molecule has 0 bridgehead atoms. The van der Waals surface area contributed by atoms with Crippen molar-refractivity contribution in [1.82, 2.24) is 29.7 Å². The number of benzene rings is 1. The summed E-state index contributed by atoms with van der Waals surface area (Å²) in [6, 6.07) is 7.53. The predicted octanol–water partition coefficient (Wildman–Crippen LogP) is 1.33. The van der Waals surface area contributed by atoms with Crippen molar-refractivity contribution in [3.05, 3.63) is 41.7 Å². The standard InChI is InChI=1S/C28H43N7O4/c1-21-17-34(22(2)19-36)27(37)6-5-11-35-25(16-29-30-35)20-39-26(21)18-32(4)28(38)23-7-9-24(10-8-23)33-14-12-31(3)13-15-33/h7-10,16,21-22,26,36H,5-6,11-15,17-20H2,1-4H3/t21-,22-,26-/m1/s1. The van der Waals surface area contributed by atoms with Gasteiger partial charge in [-0.2, -0.15) is 0 Å². The van der Waals surface area contributed by atoms with Gasteiger partial charge < -0.3 is 29.4 Å². The monoisotopic (exact) mass is 541 g/mol. The quantitative estimate of drug-likeness (QED) is 0.584. The van der Waals surface area contributed by atoms with E-state index in [0.717, 1.165) is 37.6 Å². The van der Waals surface area contributed by atoms with Gasteiger partial charge in [0.1, 0.15) is 0 Å². The molecule has 11 nitrogen and oxygen atoms in total. The maximum atomic E-state index is 13.4. The third-order valence-electron chi connectivity index (χ3n) is 7.92. The zero-order chi connectivity index (χ0) is 27.9. The van der Waals surface area contributed by atoms with E-state index in [0.29, 0.717) is 44.6 Å². The van der Waals surface area contributed by atoms with E-state index in [1.807, 2.05) is 38.1 Å². The number of ether oxygens (including phenoxy) is 1. The van der Waals surface area contributed by atoms with Crippen LogP contribution in [-0.2, 0) is 22.7 Å². The Kier molecular flexibility index (Phi) is 9.93. The molecular formula is C28H43N7O4. The molecule has 2 aliphatic rings. The first kappa shape index (κ1) is 29.0. The molecule has 11 heteroatoms. The molecule has 3 heterocycles. The van der Waals surface area contributed by atoms with Crippen LogP contribution in [0.4, 0.5) is 5.69 Å². The Balaban J connectivity index is 1.47. The zero-order valence-electron chi connectivity index (χ0n) is 23.7. The van der Waals surface area contributed by atoms with E-state index >= 15 is 0 Å². The number of aromatic nitrogens is 3. The SMILES string of the molecule is C[C@@H]1CN([C@H](C)CO)C(=O)CCCn2nncc2CO[C@@H]1CN(C)C(=O)c1ccc(N2CCN(C)CC2)cc1. The Hall–Kier alpha value is -3.02. The van der Waals surface area contributed by atoms with E-state index < -0.39 is 0 Å². The molecule has 39 heavy (non-hydrogen) atoms. The summed E-state index contributed by atoms with van der Waals surface area (Å²) >= 11 is 0. The molecule has 4 rings (SSSR count). The van der Waals surface area contributed by atoms with Gasteiger partial charge in [0.15, 0.2) is 0 Å². The van der Waals surface area contributed by atoms with Crippen molar-refractivity contribution in [2.45, 2.75) is 52.0 Å². The van der Waals surface area contributed by atoms with Crippen LogP contribution in [0.15, 0.2) is 30.5 Å². The summed E-state index contributed by atoms with van der Waals surface area (Å²) < 4.78 is 8.14. The molecule has 0 saturated carbocycles. The number of carbonyl (C=O) groups is 2. The van der Waals surface area contributed by atoms with E-state index in [-0.39, 0.29) is 36.5 Å². The Morgan fingerprint density at radius 2 is 1.90 bits per heavy atom. The average Bonchev–Trinajstić information content (AvgIpc) is 3.39. The number of aryl methyl sites for hydroxylation is 1. The number of anilines is 1. The van der Waals surface area contributed by atoms with Crippen LogP contribution in [0.25, 0.3) is 0 Å². The topological polar surface area (TPSA) is 107 Å². The van der Waals surface area contributed by atoms with Crippen molar-refractivity contribution in [2.24, 2.45) is 5.92 Å². The number of carbonyl (C=O) groups excluding carboxylic acids is 2. The van der Waals surface area contributed by atoms with Crippen molar-refractivity contribution >= 4 is 17.5 Å². The van der Waals surface area contributed by atoms with Crippen LogP contribution >= 0.6 is 0 Å². The second-order valence-electron chi connectivity index (χ2n) is 11.0. The lowest BCUT2D eigenvalue weighted by Gasteiger charge is -2.35. The van der Waals surface area contributed by atoms with Gasteiger partial charge >= 0.3 is 0 Å². The summed E-state index contributed by atoms with van der Waals surface area (Å²) in [5.74, 6) is -0.166. The summed E-state index contributed by atoms with van der Waals surface area (Å²) in [6.45, 7) is 9.44. The first-order valence-corrected chi connectivity index (χ1v) is 13.9. The molecule has 0 spiro atoms. The highest BCUT2D eigenvalue weighted by Gasteiger charge is 2.29. The molecule has 1 fully saturated rings. The minimum absolute atomic E-state index is 0.00531. The van der Waals surface area contributed by atoms with Gasteiger partial charge in [-0.1, -0.05) is 12.1 Å². The van der Waals surface area contributed by atoms with Crippen molar-refractivity contribution in [3.8, 4) is 0 Å². The lowest BCUT2D eigenvalue weighted by molar-refractivity contribution is -0.136. The van der Waals surface area contributed by atoms with Gasteiger partial charge in [0.25, 0.3) is 5.91 Å². The number of rotatable bonds is 6. The molecule has 0 aliphatic carbocycles. The second-order valence-corrected chi connectivity index (χ2v) is 11.0. The van der Waals surface area contributed by atoms with Gasteiger partial charge in [-0.25, -0.2) is 4.68 Å². The van der Waals surface area contributed by atoms with Crippen molar-refractivity contribution < 1.29 is 19.4 Å². The maximum absolute atomic E-state index is 13.4. The Bertz CT molecular complexity index is 1080. The third kappa shape index (κ3) is 7.34. The molecule has 0 radical (unpaired) electrons. The smallest absolute Gasteiger partial charge is 0.253 e. The predicted molar refractivity (Wildman–Crippen MR) is 148 cm³/mol. The van der Waals surface area contributed by atoms with E-state index in [2.05, 4.69) is 27.2 Å². The minimum Gasteiger partial charge on any atom is -0.394 e. The Morgan fingerprint density at radius 1 is 1.18 bits per heavy atom. The van der Waals surface area contributed by atoms with Gasteiger partial charge in [-0.3, -0.25) is 9.59 Å². The van der Waals surface area contributed by atoms with Crippen LogP contribution in [0.3, 0.4) is 0 Å². The van der Waals surface area contributed by atoms with E-state index in [9.17, 15) is 14.7 Å². The Morgan fingerprint density at radius 3 is 2.59 bits per heavy atom. The van der Waals surface area contributed by atoms with Crippen molar-refractivity contribution in [3.63, 3.8) is 0 Å². The lowest BCUT2D eigenvalue weighted by Crippen LogP contribution is -2.48. The number of amides is 2. The van der Waals surface area contributed by atoms with Gasteiger partial charge in [0, 0.05) is 76.5 Å². The zero-order valence-corrected chi connectivity index (χ0v) is 23.7. The highest BCUT2D eigenvalue weighted by Crippen LogP contribution is 2.21. The van der Waals surface area contributed by atoms with Gasteiger partial charge in [0.2, 0.25) is 5.91 Å². The third-order valence-corrected chi connectivity index (χ3v) is 7.92. The average molecular weight is 542 g/mol. The summed E-state index contributed by atoms with van der Waals surface area (Å²) in [4.78, 5) is 34.5. The normalized spacial score (nSPS) is 22.5. The summed E-state index contributed by atoms with van der Waals surface area (Å²) in [7, 11) is 3.92. The first-order valence-electron chi connectivity index (χ1n) is 13.9. The molecule has 1 N–H and O–H groups in total. The summed E-state index contributed by atoms with van der Waals surface area (Å²) in [5.41, 5.74) is 2.60. The van der Waals surface area contributed by atoms with E-state index in [4.69, 9.17) is 4.74 Å². The van der Waals surface area contributed by atoms with Crippen LogP contribution in [0.1, 0.15) is 42.7 Å². The molecule has 2 aromatic rings. The number of fused-ring (bicyclic) bond motifs is 1. The van der Waals surface area contributed by atoms with Crippen LogP contribution in [0.5, 0.6) is 0 Å². The van der Waals surface area contributed by atoms with E-state index in [1.165, 1.54) is 0 Å². The number of aliphatic hydroxyl groups excluding tert-OH is 1. The number of aliphatic hydroxyl groups is 1. The summed E-state index contributed by atoms with van der Waals surface area (Å²) in [6.07, 6.45) is 2.34. The maximum Gasteiger partial charge on any atom is 0.253 e. The highest BCUT2D eigenvalue weighted by atomic mass is 16.5. The fraction of sp³-hybridized carbons (Fsp3) is 0.643. The van der Waals surface area contributed by atoms with Crippen molar-refractivity contribution in [1.29, 1.82) is 0 Å². The molecule has 1 aromatic carbocycles. The number of piperazine rings is 1. The van der Waals surface area contributed by atoms with E-state index in [1.54, 1.807) is 27.7 Å². The second kappa shape index (κ2) is 13.4. The van der Waals surface area contributed by atoms with Crippen LogP contribution in [0.2, 0.25) is 0 Å². The fourth-order valence-corrected chi connectivity index (χ4v) is 5.20. The van der Waals surface area contributed by atoms with Gasteiger partial charge in [-0.15, -0.1) is 5.10 Å². The number of nitrogens with zero attached hydrogens (tertiary/aromatic N) is 7. The van der Waals surface area contributed by atoms with Crippen LogP contribution in [0, 0.1) is 5.92 Å². The molecule has 0 unspecified atom stereocenters. The van der Waals surface area contributed by atoms with Crippen LogP contribution < -0.4 is 4.90 Å². The first-order chi connectivity index (χ1) is 18.8. The lowest BCUT2D eigenvalue weighted by atomic mass is 10.0. The summed E-state index contributed by atoms with van der Waals surface area (Å²) in [5, 5.41) is 18.0. The van der Waals surface area contributed by atoms with Gasteiger partial charge in [-0.05, 0) is 44.7 Å². The molecule has 1 saturated heterocycles. The van der Waals surface area contributed by atoms with Crippen LogP contribution in [-0.4, -0.2) is 119 Å². The molecular weight excluding hydrogens is 498 g/mol. The molecule has 1 aromatic heterocycles. The van der Waals surface area contributed by atoms with Gasteiger partial charge in [0.05, 0.1) is 37.3 Å². The van der Waals surface area contributed by atoms with Crippen molar-refractivity contribution in [2.75, 3.05) is 64.9 Å². The molecule has 214 valence electrons. The minimum atomic E-state index is -0.340. The largest absolute Gasteiger partial charge is 0.394 e. The highest BCUT2D eigenvalue weighted by molar-refractivity contribution is 5.94.